The van der Waals surface area contributed by atoms with Gasteiger partial charge < -0.3 is 10.3 Å². The van der Waals surface area contributed by atoms with Gasteiger partial charge in [-0.05, 0) is 92.3 Å². The van der Waals surface area contributed by atoms with Crippen LogP contribution in [0.15, 0.2) is 48.5 Å². The van der Waals surface area contributed by atoms with Crippen LogP contribution in [0.3, 0.4) is 0 Å². The second-order valence-corrected chi connectivity index (χ2v) is 8.43. The molecule has 0 aliphatic heterocycles. The zero-order valence-corrected chi connectivity index (χ0v) is 18.9. The van der Waals surface area contributed by atoms with E-state index in [9.17, 15) is 4.79 Å². The van der Waals surface area contributed by atoms with E-state index < -0.39 is 0 Å². The zero-order chi connectivity index (χ0) is 22.1. The minimum Gasteiger partial charge on any atom is -0.338 e. The van der Waals surface area contributed by atoms with E-state index in [0.717, 1.165) is 46.5 Å². The standard InChI is InChI=1S/C27H29N3O/c1-6-7-20-12-18(4)25(19(5)13-20)26-29-23-11-9-21(15-24(23)30-26)27(31)28-22-10-8-16(2)17(3)14-22/h8-15H,6-7H2,1-5H3,(H,28,31)(H,29,30). The number of nitrogens with one attached hydrogen (secondary N) is 2. The van der Waals surface area contributed by atoms with E-state index in [1.165, 1.54) is 22.3 Å². The highest BCUT2D eigenvalue weighted by Gasteiger charge is 2.14. The number of benzene rings is 3. The number of hydrogen-bond acceptors (Lipinski definition) is 2. The summed E-state index contributed by atoms with van der Waals surface area (Å²) in [5.74, 6) is 0.720. The van der Waals surface area contributed by atoms with E-state index in [4.69, 9.17) is 4.98 Å². The maximum Gasteiger partial charge on any atom is 0.255 e. The summed E-state index contributed by atoms with van der Waals surface area (Å²) in [7, 11) is 0. The minimum absolute atomic E-state index is 0.127. The summed E-state index contributed by atoms with van der Waals surface area (Å²) in [6.07, 6.45) is 2.22. The normalized spacial score (nSPS) is 11.1. The van der Waals surface area contributed by atoms with Gasteiger partial charge in [-0.3, -0.25) is 4.79 Å². The number of rotatable bonds is 5. The molecule has 0 aliphatic rings. The number of carbonyl (C=O) groups excluding carboxylic acids is 1. The van der Waals surface area contributed by atoms with Crippen LogP contribution in [0.2, 0.25) is 0 Å². The molecule has 1 amide bonds. The van der Waals surface area contributed by atoms with Crippen molar-refractivity contribution >= 4 is 22.6 Å². The summed E-state index contributed by atoms with van der Waals surface area (Å²) in [5, 5.41) is 2.99. The molecule has 1 heterocycles. The summed E-state index contributed by atoms with van der Waals surface area (Å²) in [6.45, 7) is 10.6. The number of hydrogen-bond donors (Lipinski definition) is 2. The predicted octanol–water partition coefficient (Wildman–Crippen LogP) is 6.67. The van der Waals surface area contributed by atoms with E-state index in [1.807, 2.05) is 43.3 Å². The van der Waals surface area contributed by atoms with Gasteiger partial charge in [0.1, 0.15) is 5.82 Å². The molecule has 0 aliphatic carbocycles. The van der Waals surface area contributed by atoms with Crippen LogP contribution < -0.4 is 5.32 Å². The molecule has 4 heteroatoms. The highest BCUT2D eigenvalue weighted by Crippen LogP contribution is 2.29. The van der Waals surface area contributed by atoms with Crippen molar-refractivity contribution in [3.8, 4) is 11.4 Å². The van der Waals surface area contributed by atoms with Gasteiger partial charge in [-0.25, -0.2) is 4.98 Å². The Kier molecular flexibility index (Phi) is 5.64. The molecule has 0 fully saturated rings. The smallest absolute Gasteiger partial charge is 0.255 e. The Hall–Kier alpha value is -3.40. The monoisotopic (exact) mass is 411 g/mol. The molecule has 4 rings (SSSR count). The van der Waals surface area contributed by atoms with E-state index in [2.05, 4.69) is 50.1 Å². The third kappa shape index (κ3) is 4.24. The first kappa shape index (κ1) is 20.9. The Morgan fingerprint density at radius 1 is 0.903 bits per heavy atom. The number of amides is 1. The predicted molar refractivity (Wildman–Crippen MR) is 129 cm³/mol. The van der Waals surface area contributed by atoms with Crippen LogP contribution in [0.1, 0.15) is 51.5 Å². The first-order valence-corrected chi connectivity index (χ1v) is 10.8. The first-order chi connectivity index (χ1) is 14.9. The Balaban J connectivity index is 1.64. The second kappa shape index (κ2) is 8.38. The number of nitrogens with zero attached hydrogens (tertiary/aromatic N) is 1. The quantitative estimate of drug-likeness (QED) is 0.385. The Morgan fingerprint density at radius 2 is 1.65 bits per heavy atom. The number of carbonyl (C=O) groups is 1. The molecule has 31 heavy (non-hydrogen) atoms. The molecular formula is C27H29N3O. The first-order valence-electron chi connectivity index (χ1n) is 10.8. The summed E-state index contributed by atoms with van der Waals surface area (Å²) in [5.41, 5.74) is 10.4. The van der Waals surface area contributed by atoms with Crippen molar-refractivity contribution in [1.29, 1.82) is 0 Å². The van der Waals surface area contributed by atoms with Gasteiger partial charge in [0.25, 0.3) is 5.91 Å². The maximum atomic E-state index is 12.8. The molecule has 0 saturated heterocycles. The fourth-order valence-corrected chi connectivity index (χ4v) is 4.15. The summed E-state index contributed by atoms with van der Waals surface area (Å²) >= 11 is 0. The van der Waals surface area contributed by atoms with E-state index >= 15 is 0 Å². The number of aromatic amines is 1. The van der Waals surface area contributed by atoms with E-state index in [0.29, 0.717) is 5.56 Å². The van der Waals surface area contributed by atoms with Crippen molar-refractivity contribution in [3.05, 3.63) is 81.9 Å². The molecule has 158 valence electrons. The van der Waals surface area contributed by atoms with Gasteiger partial charge in [0, 0.05) is 16.8 Å². The fourth-order valence-electron chi connectivity index (χ4n) is 4.15. The summed E-state index contributed by atoms with van der Waals surface area (Å²) < 4.78 is 0. The van der Waals surface area contributed by atoms with Gasteiger partial charge in [0.2, 0.25) is 0 Å². The van der Waals surface area contributed by atoms with Gasteiger partial charge in [-0.15, -0.1) is 0 Å². The lowest BCUT2D eigenvalue weighted by Gasteiger charge is -2.10. The highest BCUT2D eigenvalue weighted by atomic mass is 16.1. The number of aromatic nitrogens is 2. The zero-order valence-electron chi connectivity index (χ0n) is 18.9. The summed E-state index contributed by atoms with van der Waals surface area (Å²) in [4.78, 5) is 21.0. The van der Waals surface area contributed by atoms with Crippen molar-refractivity contribution < 1.29 is 4.79 Å². The average molecular weight is 412 g/mol. The van der Waals surface area contributed by atoms with Gasteiger partial charge >= 0.3 is 0 Å². The van der Waals surface area contributed by atoms with Crippen LogP contribution >= 0.6 is 0 Å². The van der Waals surface area contributed by atoms with Crippen molar-refractivity contribution in [1.82, 2.24) is 9.97 Å². The lowest BCUT2D eigenvalue weighted by molar-refractivity contribution is 0.102. The van der Waals surface area contributed by atoms with Crippen LogP contribution in [0.25, 0.3) is 22.4 Å². The molecule has 0 radical (unpaired) electrons. The van der Waals surface area contributed by atoms with Crippen LogP contribution in [0.5, 0.6) is 0 Å². The molecule has 0 unspecified atom stereocenters. The fraction of sp³-hybridized carbons (Fsp3) is 0.259. The lowest BCUT2D eigenvalue weighted by Crippen LogP contribution is -2.11. The van der Waals surface area contributed by atoms with E-state index in [1.54, 1.807) is 0 Å². The number of H-pyrrole nitrogens is 1. The molecule has 0 spiro atoms. The number of fused-ring (bicyclic) bond motifs is 1. The van der Waals surface area contributed by atoms with Gasteiger partial charge in [0.15, 0.2) is 0 Å². The molecule has 0 bridgehead atoms. The SMILES string of the molecule is CCCc1cc(C)c(-c2nc3ccc(C(=O)Nc4ccc(C)c(C)c4)cc3[nH]2)c(C)c1. The lowest BCUT2D eigenvalue weighted by atomic mass is 9.97. The number of imidazole rings is 1. The van der Waals surface area contributed by atoms with Crippen molar-refractivity contribution in [2.45, 2.75) is 47.5 Å². The molecular weight excluding hydrogens is 382 g/mol. The largest absolute Gasteiger partial charge is 0.338 e. The van der Waals surface area contributed by atoms with Gasteiger partial charge in [-0.1, -0.05) is 31.5 Å². The topological polar surface area (TPSA) is 57.8 Å². The van der Waals surface area contributed by atoms with Crippen molar-refractivity contribution in [2.24, 2.45) is 0 Å². The van der Waals surface area contributed by atoms with Crippen LogP contribution in [0, 0.1) is 27.7 Å². The Bertz CT molecular complexity index is 1260. The van der Waals surface area contributed by atoms with Gasteiger partial charge in [-0.2, -0.15) is 0 Å². The molecule has 3 aromatic carbocycles. The number of anilines is 1. The third-order valence-corrected chi connectivity index (χ3v) is 5.88. The minimum atomic E-state index is -0.127. The number of aryl methyl sites for hydroxylation is 5. The van der Waals surface area contributed by atoms with Gasteiger partial charge in [0.05, 0.1) is 11.0 Å². The van der Waals surface area contributed by atoms with Crippen LogP contribution in [-0.4, -0.2) is 15.9 Å². The third-order valence-electron chi connectivity index (χ3n) is 5.88. The van der Waals surface area contributed by atoms with Crippen LogP contribution in [-0.2, 0) is 6.42 Å². The molecule has 2 N–H and O–H groups in total. The molecule has 0 atom stereocenters. The Labute approximate surface area is 183 Å². The Morgan fingerprint density at radius 3 is 2.32 bits per heavy atom. The molecule has 4 aromatic rings. The average Bonchev–Trinajstić information content (AvgIpc) is 3.13. The highest BCUT2D eigenvalue weighted by molar-refractivity contribution is 6.06. The van der Waals surface area contributed by atoms with Crippen molar-refractivity contribution in [3.63, 3.8) is 0 Å². The van der Waals surface area contributed by atoms with Crippen LogP contribution in [0.4, 0.5) is 5.69 Å². The van der Waals surface area contributed by atoms with Crippen molar-refractivity contribution in [2.75, 3.05) is 5.32 Å². The molecule has 4 nitrogen and oxygen atoms in total. The molecule has 0 saturated carbocycles. The second-order valence-electron chi connectivity index (χ2n) is 8.43. The maximum absolute atomic E-state index is 12.8. The summed E-state index contributed by atoms with van der Waals surface area (Å²) in [6, 6.07) is 16.1. The van der Waals surface area contributed by atoms with E-state index in [-0.39, 0.29) is 5.91 Å². The molecule has 1 aromatic heterocycles.